The Morgan fingerprint density at radius 3 is 2.87 bits per heavy atom. The van der Waals surface area contributed by atoms with Crippen molar-refractivity contribution in [3.63, 3.8) is 0 Å². The lowest BCUT2D eigenvalue weighted by Gasteiger charge is -2.16. The largest absolute Gasteiger partial charge is 0.348 e. The van der Waals surface area contributed by atoms with Gasteiger partial charge in [-0.2, -0.15) is 0 Å². The van der Waals surface area contributed by atoms with Gasteiger partial charge in [0.1, 0.15) is 0 Å². The fraction of sp³-hybridized carbons (Fsp3) is 0.250. The molecule has 2 heterocycles. The molecule has 0 atom stereocenters. The number of hydrogen-bond donors (Lipinski definition) is 1. The van der Waals surface area contributed by atoms with Crippen molar-refractivity contribution in [3.8, 4) is 0 Å². The van der Waals surface area contributed by atoms with Gasteiger partial charge in [-0.05, 0) is 41.8 Å². The Morgan fingerprint density at radius 1 is 1.35 bits per heavy atom. The molecule has 120 valence electrons. The van der Waals surface area contributed by atoms with Gasteiger partial charge in [-0.25, -0.2) is 8.42 Å². The first kappa shape index (κ1) is 15.5. The van der Waals surface area contributed by atoms with E-state index in [0.29, 0.717) is 30.8 Å². The number of sulfonamides is 1. The molecule has 3 rings (SSSR count). The number of anilines is 1. The summed E-state index contributed by atoms with van der Waals surface area (Å²) >= 11 is 0. The van der Waals surface area contributed by atoms with Gasteiger partial charge in [0.2, 0.25) is 10.0 Å². The fourth-order valence-corrected chi connectivity index (χ4v) is 3.60. The van der Waals surface area contributed by atoms with Gasteiger partial charge in [0.25, 0.3) is 5.91 Å². The minimum absolute atomic E-state index is 0.186. The summed E-state index contributed by atoms with van der Waals surface area (Å²) in [7, 11) is -3.27. The molecule has 0 saturated carbocycles. The topological polar surface area (TPSA) is 79.4 Å². The number of nitrogens with zero attached hydrogens (tertiary/aromatic N) is 2. The van der Waals surface area contributed by atoms with Crippen molar-refractivity contribution < 1.29 is 13.2 Å². The van der Waals surface area contributed by atoms with E-state index in [-0.39, 0.29) is 5.91 Å². The summed E-state index contributed by atoms with van der Waals surface area (Å²) in [4.78, 5) is 16.2. The number of fused-ring (bicyclic) bond motifs is 1. The number of pyridine rings is 1. The number of carbonyl (C=O) groups is 1. The van der Waals surface area contributed by atoms with Crippen LogP contribution in [-0.2, 0) is 23.0 Å². The molecule has 7 heteroatoms. The van der Waals surface area contributed by atoms with Crippen molar-refractivity contribution in [1.29, 1.82) is 0 Å². The van der Waals surface area contributed by atoms with Gasteiger partial charge in [-0.3, -0.25) is 14.1 Å². The highest BCUT2D eigenvalue weighted by molar-refractivity contribution is 7.92. The maximum absolute atomic E-state index is 12.2. The third kappa shape index (κ3) is 3.34. The van der Waals surface area contributed by atoms with Crippen LogP contribution in [0.25, 0.3) is 0 Å². The minimum Gasteiger partial charge on any atom is -0.348 e. The second-order valence-electron chi connectivity index (χ2n) is 5.47. The van der Waals surface area contributed by atoms with E-state index in [2.05, 4.69) is 10.3 Å². The first-order chi connectivity index (χ1) is 10.9. The third-order valence-electron chi connectivity index (χ3n) is 3.77. The van der Waals surface area contributed by atoms with Crippen LogP contribution < -0.4 is 9.62 Å². The molecule has 0 saturated heterocycles. The van der Waals surface area contributed by atoms with E-state index in [4.69, 9.17) is 0 Å². The quantitative estimate of drug-likeness (QED) is 0.917. The zero-order chi connectivity index (χ0) is 16.4. The van der Waals surface area contributed by atoms with E-state index < -0.39 is 10.0 Å². The van der Waals surface area contributed by atoms with E-state index in [0.717, 1.165) is 11.1 Å². The average molecular weight is 331 g/mol. The van der Waals surface area contributed by atoms with Crippen molar-refractivity contribution in [2.75, 3.05) is 17.1 Å². The van der Waals surface area contributed by atoms with Crippen LogP contribution in [0.15, 0.2) is 42.7 Å². The number of aromatic nitrogens is 1. The Bertz CT molecular complexity index is 835. The highest BCUT2D eigenvalue weighted by Gasteiger charge is 2.26. The fourth-order valence-electron chi connectivity index (χ4n) is 2.64. The molecule has 1 amide bonds. The molecule has 0 fully saturated rings. The van der Waals surface area contributed by atoms with Crippen LogP contribution in [0.2, 0.25) is 0 Å². The second-order valence-corrected chi connectivity index (χ2v) is 7.38. The standard InChI is InChI=1S/C16H17N3O3S/c1-23(21,22)19-8-6-13-9-14(4-5-15(13)19)16(20)18-11-12-3-2-7-17-10-12/h2-5,7,9-10H,6,8,11H2,1H3,(H,18,20). The van der Waals surface area contributed by atoms with Gasteiger partial charge in [0.05, 0.1) is 11.9 Å². The molecule has 0 bridgehead atoms. The molecule has 1 aromatic heterocycles. The molecular weight excluding hydrogens is 314 g/mol. The van der Waals surface area contributed by atoms with Crippen LogP contribution in [0, 0.1) is 0 Å². The maximum atomic E-state index is 12.2. The molecule has 1 aliphatic heterocycles. The number of carbonyl (C=O) groups excluding carboxylic acids is 1. The highest BCUT2D eigenvalue weighted by Crippen LogP contribution is 2.30. The number of nitrogens with one attached hydrogen (secondary N) is 1. The Morgan fingerprint density at radius 2 is 2.17 bits per heavy atom. The summed E-state index contributed by atoms with van der Waals surface area (Å²) in [6.07, 6.45) is 5.19. The predicted molar refractivity (Wildman–Crippen MR) is 87.7 cm³/mol. The first-order valence-corrected chi connectivity index (χ1v) is 9.08. The van der Waals surface area contributed by atoms with E-state index in [1.807, 2.05) is 12.1 Å². The minimum atomic E-state index is -3.27. The van der Waals surface area contributed by atoms with Crippen molar-refractivity contribution >= 4 is 21.6 Å². The van der Waals surface area contributed by atoms with Gasteiger partial charge in [0.15, 0.2) is 0 Å². The molecule has 1 N–H and O–H groups in total. The summed E-state index contributed by atoms with van der Waals surface area (Å²) in [5.74, 6) is -0.186. The molecule has 1 aromatic carbocycles. The SMILES string of the molecule is CS(=O)(=O)N1CCc2cc(C(=O)NCc3cccnc3)ccc21. The number of hydrogen-bond acceptors (Lipinski definition) is 4. The molecule has 0 unspecified atom stereocenters. The zero-order valence-corrected chi connectivity index (χ0v) is 13.5. The van der Waals surface area contributed by atoms with Gasteiger partial charge in [-0.1, -0.05) is 6.07 Å². The summed E-state index contributed by atoms with van der Waals surface area (Å²) in [5.41, 5.74) is 2.99. The zero-order valence-electron chi connectivity index (χ0n) is 12.7. The number of amides is 1. The highest BCUT2D eigenvalue weighted by atomic mass is 32.2. The normalized spacial score (nSPS) is 13.7. The van der Waals surface area contributed by atoms with Gasteiger partial charge in [0, 0.05) is 31.0 Å². The van der Waals surface area contributed by atoms with E-state index in [1.54, 1.807) is 30.6 Å². The first-order valence-electron chi connectivity index (χ1n) is 7.23. The van der Waals surface area contributed by atoms with Gasteiger partial charge < -0.3 is 5.32 Å². The number of rotatable bonds is 4. The lowest BCUT2D eigenvalue weighted by molar-refractivity contribution is 0.0951. The maximum Gasteiger partial charge on any atom is 0.251 e. The average Bonchev–Trinajstić information content (AvgIpc) is 2.96. The van der Waals surface area contributed by atoms with Crippen molar-refractivity contribution in [3.05, 3.63) is 59.4 Å². The Kier molecular flexibility index (Phi) is 4.04. The predicted octanol–water partition coefficient (Wildman–Crippen LogP) is 1.33. The molecule has 23 heavy (non-hydrogen) atoms. The lowest BCUT2D eigenvalue weighted by Crippen LogP contribution is -2.27. The van der Waals surface area contributed by atoms with Crippen LogP contribution in [-0.4, -0.2) is 32.1 Å². The van der Waals surface area contributed by atoms with Crippen LogP contribution in [0.5, 0.6) is 0 Å². The smallest absolute Gasteiger partial charge is 0.251 e. The second kappa shape index (κ2) is 6.00. The molecule has 0 aliphatic carbocycles. The Labute approximate surface area is 135 Å². The number of benzene rings is 1. The van der Waals surface area contributed by atoms with Crippen LogP contribution in [0.3, 0.4) is 0 Å². The molecule has 1 aliphatic rings. The van der Waals surface area contributed by atoms with Crippen molar-refractivity contribution in [2.45, 2.75) is 13.0 Å². The van der Waals surface area contributed by atoms with Crippen LogP contribution in [0.1, 0.15) is 21.5 Å². The molecular formula is C16H17N3O3S. The molecule has 0 spiro atoms. The van der Waals surface area contributed by atoms with Crippen LogP contribution >= 0.6 is 0 Å². The van der Waals surface area contributed by atoms with Crippen LogP contribution in [0.4, 0.5) is 5.69 Å². The van der Waals surface area contributed by atoms with E-state index in [9.17, 15) is 13.2 Å². The molecule has 0 radical (unpaired) electrons. The van der Waals surface area contributed by atoms with Gasteiger partial charge >= 0.3 is 0 Å². The summed E-state index contributed by atoms with van der Waals surface area (Å²) in [6.45, 7) is 0.828. The van der Waals surface area contributed by atoms with E-state index in [1.165, 1.54) is 10.6 Å². The van der Waals surface area contributed by atoms with Gasteiger partial charge in [-0.15, -0.1) is 0 Å². The molecule has 2 aromatic rings. The Hall–Kier alpha value is -2.41. The lowest BCUT2D eigenvalue weighted by atomic mass is 10.1. The summed E-state index contributed by atoms with van der Waals surface area (Å²) in [5, 5.41) is 2.84. The monoisotopic (exact) mass is 331 g/mol. The summed E-state index contributed by atoms with van der Waals surface area (Å²) < 4.78 is 24.8. The Balaban J connectivity index is 1.74. The summed E-state index contributed by atoms with van der Waals surface area (Å²) in [6, 6.07) is 8.82. The van der Waals surface area contributed by atoms with Crippen molar-refractivity contribution in [1.82, 2.24) is 10.3 Å². The van der Waals surface area contributed by atoms with E-state index >= 15 is 0 Å². The molecule has 6 nitrogen and oxygen atoms in total. The third-order valence-corrected chi connectivity index (χ3v) is 4.95. The van der Waals surface area contributed by atoms with Crippen molar-refractivity contribution in [2.24, 2.45) is 0 Å².